The molecule has 0 atom stereocenters. The third-order valence-electron chi connectivity index (χ3n) is 2.95. The van der Waals surface area contributed by atoms with Crippen molar-refractivity contribution in [3.8, 4) is 0 Å². The number of hydrogen-bond donors (Lipinski definition) is 1. The molecule has 1 fully saturated rings. The van der Waals surface area contributed by atoms with Gasteiger partial charge in [0.25, 0.3) is 0 Å². The van der Waals surface area contributed by atoms with Crippen molar-refractivity contribution in [1.82, 2.24) is 0 Å². The molecule has 1 aromatic rings. The molecule has 1 N–H and O–H groups in total. The highest BCUT2D eigenvalue weighted by molar-refractivity contribution is 6.33. The number of anilines is 2. The zero-order valence-electron chi connectivity index (χ0n) is 10.4. The van der Waals surface area contributed by atoms with Crippen LogP contribution in [0.1, 0.15) is 12.8 Å². The minimum absolute atomic E-state index is 0.0572. The number of ether oxygens (including phenoxy) is 1. The molecule has 0 bridgehead atoms. The molecule has 1 aliphatic rings. The Balaban J connectivity index is 2.12. The molecule has 0 saturated carbocycles. The number of carbonyl (C=O) groups excluding carboxylic acids is 1. The Morgan fingerprint density at radius 3 is 2.83 bits per heavy atom. The third kappa shape index (κ3) is 3.15. The van der Waals surface area contributed by atoms with Crippen LogP contribution in [-0.4, -0.2) is 32.7 Å². The Morgan fingerprint density at radius 2 is 2.17 bits per heavy atom. The van der Waals surface area contributed by atoms with Crippen LogP contribution in [-0.2, 0) is 9.53 Å². The fraction of sp³-hybridized carbons (Fsp3) is 0.462. The molecule has 1 amide bonds. The number of methoxy groups -OCH3 is 1. The van der Waals surface area contributed by atoms with E-state index in [4.69, 9.17) is 16.3 Å². The summed E-state index contributed by atoms with van der Waals surface area (Å²) in [5.41, 5.74) is 1.74. The molecule has 0 aromatic heterocycles. The van der Waals surface area contributed by atoms with Crippen LogP contribution in [0, 0.1) is 0 Å². The normalized spacial score (nSPS) is 14.9. The average Bonchev–Trinajstić information content (AvgIpc) is 2.85. The number of nitrogens with one attached hydrogen (secondary N) is 1. The maximum Gasteiger partial charge on any atom is 0.250 e. The molecule has 18 heavy (non-hydrogen) atoms. The number of nitrogens with zero attached hydrogens (tertiary/aromatic N) is 1. The number of amides is 1. The van der Waals surface area contributed by atoms with Gasteiger partial charge in [0.15, 0.2) is 0 Å². The van der Waals surface area contributed by atoms with Crippen LogP contribution in [0.25, 0.3) is 0 Å². The van der Waals surface area contributed by atoms with Crippen molar-refractivity contribution >= 4 is 28.9 Å². The Kier molecular flexibility index (Phi) is 4.44. The Hall–Kier alpha value is -1.26. The second-order valence-corrected chi connectivity index (χ2v) is 4.75. The summed E-state index contributed by atoms with van der Waals surface area (Å²) in [5, 5.41) is 3.51. The van der Waals surface area contributed by atoms with E-state index >= 15 is 0 Å². The van der Waals surface area contributed by atoms with E-state index in [1.54, 1.807) is 6.07 Å². The standard InChI is InChI=1S/C13H17ClN2O2/c1-18-9-13(17)15-10-4-5-11(14)12(8-10)16-6-2-3-7-16/h4-5,8H,2-3,6-7,9H2,1H3,(H,15,17). The first kappa shape index (κ1) is 13.2. The van der Waals surface area contributed by atoms with Gasteiger partial charge in [0.2, 0.25) is 5.91 Å². The summed E-state index contributed by atoms with van der Waals surface area (Å²) in [6, 6.07) is 5.54. The summed E-state index contributed by atoms with van der Waals surface area (Å²) in [7, 11) is 1.50. The second kappa shape index (κ2) is 6.07. The second-order valence-electron chi connectivity index (χ2n) is 4.34. The highest BCUT2D eigenvalue weighted by Crippen LogP contribution is 2.31. The minimum atomic E-state index is -0.160. The molecule has 1 aliphatic heterocycles. The molecule has 98 valence electrons. The van der Waals surface area contributed by atoms with E-state index in [0.717, 1.165) is 29.5 Å². The van der Waals surface area contributed by atoms with Gasteiger partial charge in [-0.25, -0.2) is 0 Å². The molecule has 0 aliphatic carbocycles. The molecule has 2 rings (SSSR count). The predicted octanol–water partition coefficient (Wildman–Crippen LogP) is 2.53. The summed E-state index contributed by atoms with van der Waals surface area (Å²) >= 11 is 6.19. The van der Waals surface area contributed by atoms with Crippen LogP contribution in [0.5, 0.6) is 0 Å². The fourth-order valence-corrected chi connectivity index (χ4v) is 2.36. The SMILES string of the molecule is COCC(=O)Nc1ccc(Cl)c(N2CCCC2)c1. The summed E-state index contributed by atoms with van der Waals surface area (Å²) < 4.78 is 4.78. The molecular weight excluding hydrogens is 252 g/mol. The van der Waals surface area contributed by atoms with Crippen molar-refractivity contribution in [3.63, 3.8) is 0 Å². The van der Waals surface area contributed by atoms with Gasteiger partial charge in [-0.3, -0.25) is 4.79 Å². The monoisotopic (exact) mass is 268 g/mol. The first-order chi connectivity index (χ1) is 8.70. The van der Waals surface area contributed by atoms with E-state index in [1.807, 2.05) is 12.1 Å². The van der Waals surface area contributed by atoms with Gasteiger partial charge in [0.05, 0.1) is 10.7 Å². The van der Waals surface area contributed by atoms with E-state index < -0.39 is 0 Å². The van der Waals surface area contributed by atoms with Crippen molar-refractivity contribution in [2.45, 2.75) is 12.8 Å². The van der Waals surface area contributed by atoms with Crippen LogP contribution < -0.4 is 10.2 Å². The lowest BCUT2D eigenvalue weighted by molar-refractivity contribution is -0.119. The van der Waals surface area contributed by atoms with Crippen molar-refractivity contribution in [3.05, 3.63) is 23.2 Å². The van der Waals surface area contributed by atoms with Gasteiger partial charge in [0.1, 0.15) is 6.61 Å². The molecule has 0 radical (unpaired) electrons. The summed E-state index contributed by atoms with van der Waals surface area (Å²) in [6.45, 7) is 2.10. The van der Waals surface area contributed by atoms with Gasteiger partial charge >= 0.3 is 0 Å². The minimum Gasteiger partial charge on any atom is -0.375 e. The molecule has 1 saturated heterocycles. The van der Waals surface area contributed by atoms with Crippen molar-refractivity contribution < 1.29 is 9.53 Å². The van der Waals surface area contributed by atoms with Crippen molar-refractivity contribution in [2.75, 3.05) is 37.0 Å². The topological polar surface area (TPSA) is 41.6 Å². The van der Waals surface area contributed by atoms with Crippen molar-refractivity contribution in [1.29, 1.82) is 0 Å². The van der Waals surface area contributed by atoms with Crippen LogP contribution >= 0.6 is 11.6 Å². The first-order valence-electron chi connectivity index (χ1n) is 6.04. The largest absolute Gasteiger partial charge is 0.375 e. The Morgan fingerprint density at radius 1 is 1.44 bits per heavy atom. The predicted molar refractivity (Wildman–Crippen MR) is 73.4 cm³/mol. The van der Waals surface area contributed by atoms with Gasteiger partial charge in [-0.2, -0.15) is 0 Å². The lowest BCUT2D eigenvalue weighted by atomic mass is 10.2. The molecule has 5 heteroatoms. The van der Waals surface area contributed by atoms with E-state index in [1.165, 1.54) is 20.0 Å². The zero-order valence-corrected chi connectivity index (χ0v) is 11.2. The van der Waals surface area contributed by atoms with E-state index in [-0.39, 0.29) is 12.5 Å². The smallest absolute Gasteiger partial charge is 0.250 e. The molecular formula is C13H17ClN2O2. The van der Waals surface area contributed by atoms with Gasteiger partial charge in [0, 0.05) is 25.9 Å². The molecule has 0 spiro atoms. The highest BCUT2D eigenvalue weighted by Gasteiger charge is 2.15. The van der Waals surface area contributed by atoms with Gasteiger partial charge < -0.3 is 15.0 Å². The highest BCUT2D eigenvalue weighted by atomic mass is 35.5. The van der Waals surface area contributed by atoms with Crippen LogP contribution in [0.4, 0.5) is 11.4 Å². The summed E-state index contributed by atoms with van der Waals surface area (Å²) in [6.07, 6.45) is 2.38. The van der Waals surface area contributed by atoms with Crippen molar-refractivity contribution in [2.24, 2.45) is 0 Å². The quantitative estimate of drug-likeness (QED) is 0.912. The summed E-state index contributed by atoms with van der Waals surface area (Å²) in [4.78, 5) is 13.7. The number of carbonyl (C=O) groups is 1. The number of hydrogen-bond acceptors (Lipinski definition) is 3. The number of halogens is 1. The molecule has 1 heterocycles. The zero-order chi connectivity index (χ0) is 13.0. The average molecular weight is 269 g/mol. The van der Waals surface area contributed by atoms with Gasteiger partial charge in [-0.15, -0.1) is 0 Å². The number of rotatable bonds is 4. The van der Waals surface area contributed by atoms with E-state index in [9.17, 15) is 4.79 Å². The maximum atomic E-state index is 11.4. The summed E-state index contributed by atoms with van der Waals surface area (Å²) in [5.74, 6) is -0.160. The molecule has 0 unspecified atom stereocenters. The Labute approximate surface area is 112 Å². The molecule has 1 aromatic carbocycles. The van der Waals surface area contributed by atoms with Crippen LogP contribution in [0.2, 0.25) is 5.02 Å². The first-order valence-corrected chi connectivity index (χ1v) is 6.42. The van der Waals surface area contributed by atoms with Gasteiger partial charge in [-0.1, -0.05) is 11.6 Å². The van der Waals surface area contributed by atoms with Gasteiger partial charge in [-0.05, 0) is 31.0 Å². The number of benzene rings is 1. The lowest BCUT2D eigenvalue weighted by Gasteiger charge is -2.20. The fourth-order valence-electron chi connectivity index (χ4n) is 2.12. The maximum absolute atomic E-state index is 11.4. The third-order valence-corrected chi connectivity index (χ3v) is 3.27. The lowest BCUT2D eigenvalue weighted by Crippen LogP contribution is -2.20. The molecule has 4 nitrogen and oxygen atoms in total. The van der Waals surface area contributed by atoms with Crippen LogP contribution in [0.3, 0.4) is 0 Å². The van der Waals surface area contributed by atoms with E-state index in [0.29, 0.717) is 0 Å². The van der Waals surface area contributed by atoms with E-state index in [2.05, 4.69) is 10.2 Å². The Bertz CT molecular complexity index is 431. The van der Waals surface area contributed by atoms with Crippen LogP contribution in [0.15, 0.2) is 18.2 Å².